The summed E-state index contributed by atoms with van der Waals surface area (Å²) in [7, 11) is 0. The normalized spacial score (nSPS) is 9.67. The van der Waals surface area contributed by atoms with Crippen LogP contribution in [-0.4, -0.2) is 4.98 Å². The molecule has 0 aromatic carbocycles. The third-order valence-electron chi connectivity index (χ3n) is 0.981. The molecule has 1 nitrogen and oxygen atoms in total. The van der Waals surface area contributed by atoms with Crippen molar-refractivity contribution in [1.29, 1.82) is 0 Å². The van der Waals surface area contributed by atoms with Gasteiger partial charge >= 0.3 is 0 Å². The van der Waals surface area contributed by atoms with Crippen molar-refractivity contribution in [2.24, 2.45) is 0 Å². The largest absolute Gasteiger partial charge is 0.248 e. The Kier molecular flexibility index (Phi) is 2.29. The van der Waals surface area contributed by atoms with E-state index in [1.54, 1.807) is 6.20 Å². The molecule has 0 bridgehead atoms. The van der Waals surface area contributed by atoms with Gasteiger partial charge in [0.05, 0.1) is 5.02 Å². The van der Waals surface area contributed by atoms with E-state index in [0.717, 1.165) is 9.26 Å². The average Bonchev–Trinajstić information content (AvgIpc) is 1.80. The zero-order valence-corrected chi connectivity index (χ0v) is 7.77. The van der Waals surface area contributed by atoms with Gasteiger partial charge in [-0.1, -0.05) is 11.6 Å². The van der Waals surface area contributed by atoms with Crippen molar-refractivity contribution < 1.29 is 0 Å². The Morgan fingerprint density at radius 1 is 1.67 bits per heavy atom. The van der Waals surface area contributed by atoms with Gasteiger partial charge in [0, 0.05) is 6.20 Å². The minimum Gasteiger partial charge on any atom is -0.248 e. The fourth-order valence-corrected chi connectivity index (χ4v) is 1.03. The Hall–Kier alpha value is 0.170. The highest BCUT2D eigenvalue weighted by Gasteiger charge is 1.93. The topological polar surface area (TPSA) is 12.9 Å². The van der Waals surface area contributed by atoms with Crippen LogP contribution in [0.4, 0.5) is 0 Å². The summed E-state index contributed by atoms with van der Waals surface area (Å²) in [4.78, 5) is 4.03. The molecule has 1 heterocycles. The van der Waals surface area contributed by atoms with E-state index in [9.17, 15) is 0 Å². The van der Waals surface area contributed by atoms with Crippen LogP contribution < -0.4 is 0 Å². The summed E-state index contributed by atoms with van der Waals surface area (Å²) in [5.41, 5.74) is 1.13. The maximum absolute atomic E-state index is 5.65. The molecule has 0 aliphatic carbocycles. The van der Waals surface area contributed by atoms with Crippen LogP contribution in [0.3, 0.4) is 0 Å². The minimum absolute atomic E-state index is 0.702. The fraction of sp³-hybridized carbons (Fsp3) is 0.167. The van der Waals surface area contributed by atoms with Gasteiger partial charge < -0.3 is 0 Å². The zero-order chi connectivity index (χ0) is 6.85. The SMILES string of the molecule is Cc1cc(Cl)cnc1I. The van der Waals surface area contributed by atoms with Crippen LogP contribution in [0.15, 0.2) is 12.3 Å². The molecule has 0 aliphatic heterocycles. The van der Waals surface area contributed by atoms with Crippen molar-refractivity contribution in [3.05, 3.63) is 26.5 Å². The van der Waals surface area contributed by atoms with Gasteiger partial charge in [0.15, 0.2) is 0 Å². The first-order valence-electron chi connectivity index (χ1n) is 2.48. The van der Waals surface area contributed by atoms with Gasteiger partial charge in [0.1, 0.15) is 3.70 Å². The monoisotopic (exact) mass is 253 g/mol. The molecule has 0 aliphatic rings. The molecule has 1 aromatic rings. The van der Waals surface area contributed by atoms with E-state index in [0.29, 0.717) is 5.02 Å². The predicted octanol–water partition coefficient (Wildman–Crippen LogP) is 2.65. The van der Waals surface area contributed by atoms with E-state index in [1.165, 1.54) is 0 Å². The summed E-state index contributed by atoms with van der Waals surface area (Å²) in [6, 6.07) is 1.90. The maximum atomic E-state index is 5.65. The van der Waals surface area contributed by atoms with Gasteiger partial charge in [0.25, 0.3) is 0 Å². The Morgan fingerprint density at radius 2 is 2.33 bits per heavy atom. The van der Waals surface area contributed by atoms with Gasteiger partial charge in [-0.2, -0.15) is 0 Å². The van der Waals surface area contributed by atoms with Crippen molar-refractivity contribution >= 4 is 34.2 Å². The fourth-order valence-electron chi connectivity index (χ4n) is 0.524. The van der Waals surface area contributed by atoms with Gasteiger partial charge in [-0.05, 0) is 41.1 Å². The lowest BCUT2D eigenvalue weighted by Gasteiger charge is -1.94. The molecular weight excluding hydrogens is 248 g/mol. The first kappa shape index (κ1) is 7.28. The van der Waals surface area contributed by atoms with Crippen molar-refractivity contribution in [1.82, 2.24) is 4.98 Å². The first-order valence-corrected chi connectivity index (χ1v) is 3.93. The molecule has 0 spiro atoms. The smallest absolute Gasteiger partial charge is 0.104 e. The molecule has 0 saturated carbocycles. The molecular formula is C6H5ClIN. The Balaban J connectivity index is 3.17. The second-order valence-electron chi connectivity index (χ2n) is 1.76. The first-order chi connectivity index (χ1) is 4.20. The third-order valence-corrected chi connectivity index (χ3v) is 2.32. The molecule has 0 fully saturated rings. The second-order valence-corrected chi connectivity index (χ2v) is 3.22. The molecule has 0 saturated heterocycles. The van der Waals surface area contributed by atoms with Crippen LogP contribution in [0.5, 0.6) is 0 Å². The third kappa shape index (κ3) is 1.79. The minimum atomic E-state index is 0.702. The van der Waals surface area contributed by atoms with E-state index in [-0.39, 0.29) is 0 Å². The van der Waals surface area contributed by atoms with Crippen molar-refractivity contribution in [3.63, 3.8) is 0 Å². The summed E-state index contributed by atoms with van der Waals surface area (Å²) in [5.74, 6) is 0. The quantitative estimate of drug-likeness (QED) is 0.512. The summed E-state index contributed by atoms with van der Waals surface area (Å²) >= 11 is 7.82. The molecule has 9 heavy (non-hydrogen) atoms. The van der Waals surface area contributed by atoms with Crippen LogP contribution in [0, 0.1) is 10.6 Å². The number of aromatic nitrogens is 1. The number of nitrogens with zero attached hydrogens (tertiary/aromatic N) is 1. The maximum Gasteiger partial charge on any atom is 0.104 e. The van der Waals surface area contributed by atoms with Gasteiger partial charge in [-0.3, -0.25) is 0 Å². The van der Waals surface area contributed by atoms with Crippen molar-refractivity contribution in [3.8, 4) is 0 Å². The van der Waals surface area contributed by atoms with Gasteiger partial charge in [-0.25, -0.2) is 4.98 Å². The lowest BCUT2D eigenvalue weighted by Crippen LogP contribution is -1.83. The molecule has 0 unspecified atom stereocenters. The van der Waals surface area contributed by atoms with E-state index >= 15 is 0 Å². The number of hydrogen-bond donors (Lipinski definition) is 0. The summed E-state index contributed by atoms with van der Waals surface area (Å²) in [6.07, 6.45) is 1.65. The average molecular weight is 253 g/mol. The molecule has 0 amide bonds. The van der Waals surface area contributed by atoms with Crippen LogP contribution in [-0.2, 0) is 0 Å². The summed E-state index contributed by atoms with van der Waals surface area (Å²) in [5, 5.41) is 0.702. The lowest BCUT2D eigenvalue weighted by molar-refractivity contribution is 1.21. The number of aryl methyl sites for hydroxylation is 1. The predicted molar refractivity (Wildman–Crippen MR) is 46.7 cm³/mol. The molecule has 0 radical (unpaired) electrons. The highest BCUT2D eigenvalue weighted by atomic mass is 127. The van der Waals surface area contributed by atoms with Crippen LogP contribution in [0.2, 0.25) is 5.02 Å². The molecule has 0 atom stereocenters. The van der Waals surface area contributed by atoms with E-state index < -0.39 is 0 Å². The van der Waals surface area contributed by atoms with Crippen molar-refractivity contribution in [2.75, 3.05) is 0 Å². The summed E-state index contributed by atoms with van der Waals surface area (Å²) in [6.45, 7) is 1.99. The lowest BCUT2D eigenvalue weighted by atomic mass is 10.3. The van der Waals surface area contributed by atoms with Crippen molar-refractivity contribution in [2.45, 2.75) is 6.92 Å². The van der Waals surface area contributed by atoms with E-state index in [4.69, 9.17) is 11.6 Å². The number of pyridine rings is 1. The number of hydrogen-bond acceptors (Lipinski definition) is 1. The molecule has 48 valence electrons. The molecule has 3 heteroatoms. The van der Waals surface area contributed by atoms with Crippen LogP contribution in [0.1, 0.15) is 5.56 Å². The Labute approximate surface area is 72.6 Å². The van der Waals surface area contributed by atoms with Gasteiger partial charge in [0.2, 0.25) is 0 Å². The Bertz CT molecular complexity index is 224. The highest BCUT2D eigenvalue weighted by molar-refractivity contribution is 14.1. The Morgan fingerprint density at radius 3 is 2.78 bits per heavy atom. The molecule has 0 N–H and O–H groups in total. The zero-order valence-electron chi connectivity index (χ0n) is 4.86. The van der Waals surface area contributed by atoms with Crippen LogP contribution >= 0.6 is 34.2 Å². The van der Waals surface area contributed by atoms with E-state index in [2.05, 4.69) is 27.6 Å². The second kappa shape index (κ2) is 2.84. The molecule has 1 aromatic heterocycles. The standard InChI is InChI=1S/C6H5ClIN/c1-4-2-5(7)3-9-6(4)8/h2-3H,1H3. The number of halogens is 2. The van der Waals surface area contributed by atoms with Gasteiger partial charge in [-0.15, -0.1) is 0 Å². The number of rotatable bonds is 0. The molecule has 1 rings (SSSR count). The van der Waals surface area contributed by atoms with E-state index in [1.807, 2.05) is 13.0 Å². The highest BCUT2D eigenvalue weighted by Crippen LogP contribution is 2.12. The van der Waals surface area contributed by atoms with Crippen LogP contribution in [0.25, 0.3) is 0 Å². The summed E-state index contributed by atoms with van der Waals surface area (Å²) < 4.78 is 1.01.